The fourth-order valence-corrected chi connectivity index (χ4v) is 5.72. The topological polar surface area (TPSA) is 112 Å². The van der Waals surface area contributed by atoms with Gasteiger partial charge < -0.3 is 5.11 Å². The van der Waals surface area contributed by atoms with Crippen molar-refractivity contribution in [2.75, 3.05) is 23.7 Å². The number of rotatable bonds is 4. The largest absolute Gasteiger partial charge is 0.478 e. The molecule has 1 aliphatic carbocycles. The molecule has 0 aromatic heterocycles. The summed E-state index contributed by atoms with van der Waals surface area (Å²) in [6.45, 7) is 1.96. The minimum Gasteiger partial charge on any atom is -0.478 e. The van der Waals surface area contributed by atoms with Crippen molar-refractivity contribution in [3.63, 3.8) is 0 Å². The van der Waals surface area contributed by atoms with Crippen molar-refractivity contribution in [2.45, 2.75) is 30.7 Å². The van der Waals surface area contributed by atoms with Gasteiger partial charge in [-0.25, -0.2) is 13.2 Å². The molecule has 2 aliphatic rings. The molecule has 0 amide bonds. The second kappa shape index (κ2) is 5.43. The average Bonchev–Trinajstić information content (AvgIpc) is 3.21. The van der Waals surface area contributed by atoms with Crippen LogP contribution >= 0.6 is 0 Å². The molecule has 1 aromatic carbocycles. The lowest BCUT2D eigenvalue weighted by atomic mass is 10.1. The number of aryl methyl sites for hydroxylation is 1. The predicted octanol–water partition coefficient (Wildman–Crippen LogP) is 0.626. The van der Waals surface area contributed by atoms with Crippen molar-refractivity contribution in [3.05, 3.63) is 23.3 Å². The molecule has 1 heterocycles. The van der Waals surface area contributed by atoms with Crippen LogP contribution in [-0.4, -0.2) is 57.6 Å². The van der Waals surface area contributed by atoms with Gasteiger partial charge in [-0.05, 0) is 37.5 Å². The average molecular weight is 374 g/mol. The van der Waals surface area contributed by atoms with Gasteiger partial charge in [-0.15, -0.1) is 0 Å². The molecule has 1 N–H and O–H groups in total. The summed E-state index contributed by atoms with van der Waals surface area (Å²) in [6, 6.07) is 2.35. The monoisotopic (exact) mass is 374 g/mol. The lowest BCUT2D eigenvalue weighted by molar-refractivity contribution is 0.0696. The molecule has 0 radical (unpaired) electrons. The molecule has 1 saturated carbocycles. The van der Waals surface area contributed by atoms with E-state index < -0.39 is 26.0 Å². The lowest BCUT2D eigenvalue weighted by Crippen LogP contribution is -2.35. The number of anilines is 1. The third-order valence-electron chi connectivity index (χ3n) is 4.26. The summed E-state index contributed by atoms with van der Waals surface area (Å²) in [4.78, 5) is 11.0. The number of benzene rings is 1. The first-order chi connectivity index (χ1) is 11.0. The molecule has 1 aliphatic heterocycles. The SMILES string of the molecule is Cc1cc(N2CCN(C3CC3)S2(=O)=O)c(S(C)(=O)=O)cc1C(=O)O. The first-order valence-corrected chi connectivity index (χ1v) is 10.7. The highest BCUT2D eigenvalue weighted by atomic mass is 32.2. The summed E-state index contributed by atoms with van der Waals surface area (Å²) in [6.07, 6.45) is 2.56. The van der Waals surface area contributed by atoms with Crippen LogP contribution in [-0.2, 0) is 20.0 Å². The number of nitrogens with zero attached hydrogens (tertiary/aromatic N) is 2. The molecule has 0 bridgehead atoms. The lowest BCUT2D eigenvalue weighted by Gasteiger charge is -2.23. The number of hydrogen-bond donors (Lipinski definition) is 1. The van der Waals surface area contributed by atoms with E-state index in [0.29, 0.717) is 12.1 Å². The Labute approximate surface area is 140 Å². The van der Waals surface area contributed by atoms with E-state index >= 15 is 0 Å². The molecule has 1 aromatic rings. The zero-order valence-electron chi connectivity index (χ0n) is 13.3. The molecule has 3 rings (SSSR count). The number of carboxylic acid groups (broad SMARTS) is 1. The Hall–Kier alpha value is -1.65. The van der Waals surface area contributed by atoms with Gasteiger partial charge in [0.25, 0.3) is 0 Å². The number of carboxylic acids is 1. The van der Waals surface area contributed by atoms with E-state index in [1.165, 1.54) is 17.3 Å². The van der Waals surface area contributed by atoms with Crippen molar-refractivity contribution in [1.29, 1.82) is 0 Å². The Balaban J connectivity index is 2.17. The van der Waals surface area contributed by atoms with Gasteiger partial charge in [0, 0.05) is 25.4 Å². The third kappa shape index (κ3) is 2.78. The fraction of sp³-hybridized carbons (Fsp3) is 0.500. The molecule has 0 spiro atoms. The normalized spacial score (nSPS) is 21.2. The Morgan fingerprint density at radius 3 is 2.38 bits per heavy atom. The quantitative estimate of drug-likeness (QED) is 0.827. The highest BCUT2D eigenvalue weighted by molar-refractivity contribution is 7.92. The first kappa shape index (κ1) is 17.2. The summed E-state index contributed by atoms with van der Waals surface area (Å²) >= 11 is 0. The molecule has 0 unspecified atom stereocenters. The molecule has 8 nitrogen and oxygen atoms in total. The fourth-order valence-electron chi connectivity index (χ4n) is 2.92. The Bertz CT molecular complexity index is 919. The van der Waals surface area contributed by atoms with Gasteiger partial charge in [0.1, 0.15) is 0 Å². The van der Waals surface area contributed by atoms with Crippen LogP contribution in [0.15, 0.2) is 17.0 Å². The van der Waals surface area contributed by atoms with E-state index in [1.54, 1.807) is 0 Å². The maximum Gasteiger partial charge on any atom is 0.335 e. The van der Waals surface area contributed by atoms with Gasteiger partial charge in [-0.2, -0.15) is 12.7 Å². The number of carbonyl (C=O) groups is 1. The van der Waals surface area contributed by atoms with Gasteiger partial charge in [0.2, 0.25) is 0 Å². The van der Waals surface area contributed by atoms with Crippen molar-refractivity contribution in [2.24, 2.45) is 0 Å². The van der Waals surface area contributed by atoms with Crippen molar-refractivity contribution >= 4 is 31.7 Å². The summed E-state index contributed by atoms with van der Waals surface area (Å²) in [5, 5.41) is 9.20. The smallest absolute Gasteiger partial charge is 0.335 e. The van der Waals surface area contributed by atoms with Crippen molar-refractivity contribution in [3.8, 4) is 0 Å². The van der Waals surface area contributed by atoms with E-state index in [9.17, 15) is 26.7 Å². The van der Waals surface area contributed by atoms with Crippen LogP contribution in [0.25, 0.3) is 0 Å². The second-order valence-electron chi connectivity index (χ2n) is 6.13. The van der Waals surface area contributed by atoms with Crippen molar-refractivity contribution < 1.29 is 26.7 Å². The maximum atomic E-state index is 12.7. The molecule has 2 fully saturated rings. The van der Waals surface area contributed by atoms with Gasteiger partial charge >= 0.3 is 16.2 Å². The number of aromatic carboxylic acids is 1. The number of hydrogen-bond acceptors (Lipinski definition) is 5. The molecule has 132 valence electrons. The van der Waals surface area contributed by atoms with E-state index in [0.717, 1.165) is 29.5 Å². The summed E-state index contributed by atoms with van der Waals surface area (Å²) in [5.74, 6) is -1.26. The van der Waals surface area contributed by atoms with E-state index in [2.05, 4.69) is 0 Å². The van der Waals surface area contributed by atoms with Crippen LogP contribution in [0.2, 0.25) is 0 Å². The molecular weight excluding hydrogens is 356 g/mol. The molecule has 24 heavy (non-hydrogen) atoms. The summed E-state index contributed by atoms with van der Waals surface area (Å²) in [5.41, 5.74) is 0.169. The van der Waals surface area contributed by atoms with E-state index in [-0.39, 0.29) is 28.7 Å². The van der Waals surface area contributed by atoms with E-state index in [4.69, 9.17) is 0 Å². The third-order valence-corrected chi connectivity index (χ3v) is 7.39. The van der Waals surface area contributed by atoms with Crippen LogP contribution in [0.4, 0.5) is 5.69 Å². The summed E-state index contributed by atoms with van der Waals surface area (Å²) in [7, 11) is -7.60. The molecular formula is C14H18N2O6S2. The zero-order chi connectivity index (χ0) is 17.9. The first-order valence-electron chi connectivity index (χ1n) is 7.41. The molecule has 10 heteroatoms. The number of sulfone groups is 1. The zero-order valence-corrected chi connectivity index (χ0v) is 14.9. The maximum absolute atomic E-state index is 12.7. The molecule has 0 atom stereocenters. The van der Waals surface area contributed by atoms with Gasteiger partial charge in [-0.3, -0.25) is 4.31 Å². The van der Waals surface area contributed by atoms with E-state index in [1.807, 2.05) is 0 Å². The summed E-state index contributed by atoms with van der Waals surface area (Å²) < 4.78 is 52.1. The van der Waals surface area contributed by atoms with Crippen molar-refractivity contribution in [1.82, 2.24) is 4.31 Å². The second-order valence-corrected chi connectivity index (χ2v) is 9.92. The van der Waals surface area contributed by atoms with Gasteiger partial charge in [-0.1, -0.05) is 0 Å². The van der Waals surface area contributed by atoms with Crippen LogP contribution in [0.3, 0.4) is 0 Å². The van der Waals surface area contributed by atoms with Crippen LogP contribution < -0.4 is 4.31 Å². The van der Waals surface area contributed by atoms with Crippen LogP contribution in [0.5, 0.6) is 0 Å². The van der Waals surface area contributed by atoms with Crippen LogP contribution in [0.1, 0.15) is 28.8 Å². The highest BCUT2D eigenvalue weighted by Gasteiger charge is 2.46. The Morgan fingerprint density at radius 2 is 1.88 bits per heavy atom. The standard InChI is InChI=1S/C14H18N2O6S2/c1-9-7-12(13(23(2,19)20)8-11(9)14(17)18)16-6-5-15(10-3-4-10)24(16,21)22/h7-8,10H,3-6H2,1-2H3,(H,17,18). The highest BCUT2D eigenvalue weighted by Crippen LogP contribution is 2.38. The van der Waals surface area contributed by atoms with Gasteiger partial charge in [0.05, 0.1) is 16.1 Å². The Morgan fingerprint density at radius 1 is 1.25 bits per heavy atom. The predicted molar refractivity (Wildman–Crippen MR) is 87.2 cm³/mol. The minimum atomic E-state index is -3.80. The Kier molecular flexibility index (Phi) is 3.89. The van der Waals surface area contributed by atoms with Gasteiger partial charge in [0.15, 0.2) is 9.84 Å². The minimum absolute atomic E-state index is 0.0129. The molecule has 1 saturated heterocycles. The van der Waals surface area contributed by atoms with Crippen LogP contribution in [0, 0.1) is 6.92 Å².